The Morgan fingerprint density at radius 3 is 2.75 bits per heavy atom. The molecular weight excluding hydrogens is 432 g/mol. The number of aliphatic hydroxyl groups is 1. The normalized spacial score (nSPS) is 12.0. The zero-order valence-electron chi connectivity index (χ0n) is 17.2. The van der Waals surface area contributed by atoms with Gasteiger partial charge in [-0.3, -0.25) is 14.8 Å². The van der Waals surface area contributed by atoms with Crippen molar-refractivity contribution < 1.29 is 19.8 Å². The summed E-state index contributed by atoms with van der Waals surface area (Å²) >= 11 is 0.838. The predicted octanol–water partition coefficient (Wildman–Crippen LogP) is 2.51. The molecule has 3 heterocycles. The summed E-state index contributed by atoms with van der Waals surface area (Å²) in [6.45, 7) is 1.45. The van der Waals surface area contributed by atoms with Crippen molar-refractivity contribution in [3.05, 3.63) is 53.4 Å². The van der Waals surface area contributed by atoms with Crippen molar-refractivity contribution in [1.29, 1.82) is 0 Å². The number of anilines is 2. The van der Waals surface area contributed by atoms with Crippen LogP contribution < -0.4 is 10.6 Å². The lowest BCUT2D eigenvalue weighted by Gasteiger charge is -2.13. The van der Waals surface area contributed by atoms with Gasteiger partial charge in [0.25, 0.3) is 5.91 Å². The minimum absolute atomic E-state index is 0.0392. The maximum Gasteiger partial charge on any atom is 0.347 e. The average molecular weight is 452 g/mol. The molecule has 0 radical (unpaired) electrons. The van der Waals surface area contributed by atoms with Crippen molar-refractivity contribution in [2.75, 3.05) is 17.2 Å². The quantitative estimate of drug-likeness (QED) is 0.335. The molecule has 4 aromatic rings. The minimum atomic E-state index is -1.40. The van der Waals surface area contributed by atoms with Crippen molar-refractivity contribution in [3.63, 3.8) is 0 Å². The number of carbonyl (C=O) groups is 2. The van der Waals surface area contributed by atoms with Gasteiger partial charge in [0.1, 0.15) is 16.8 Å². The summed E-state index contributed by atoms with van der Waals surface area (Å²) in [4.78, 5) is 31.8. The fourth-order valence-electron chi connectivity index (χ4n) is 3.18. The van der Waals surface area contributed by atoms with Gasteiger partial charge in [-0.1, -0.05) is 23.5 Å². The van der Waals surface area contributed by atoms with Gasteiger partial charge in [-0.05, 0) is 30.0 Å². The Labute approximate surface area is 186 Å². The highest BCUT2D eigenvalue weighted by Crippen LogP contribution is 2.28. The molecule has 0 aliphatic rings. The molecular formula is C21H20N6O4S. The number of rotatable bonds is 7. The number of carboxylic acid groups (broad SMARTS) is 1. The maximum atomic E-state index is 12.3. The number of amides is 1. The first-order valence-electron chi connectivity index (χ1n) is 9.63. The molecule has 0 saturated carbocycles. The number of aryl methyl sites for hydroxylation is 2. The van der Waals surface area contributed by atoms with E-state index in [9.17, 15) is 14.7 Å². The van der Waals surface area contributed by atoms with Crippen LogP contribution in [0.4, 0.5) is 10.9 Å². The van der Waals surface area contributed by atoms with Crippen molar-refractivity contribution in [1.82, 2.24) is 19.7 Å². The molecule has 0 aliphatic heterocycles. The number of pyridine rings is 1. The van der Waals surface area contributed by atoms with Crippen LogP contribution in [0.3, 0.4) is 0 Å². The van der Waals surface area contributed by atoms with Gasteiger partial charge in [-0.25, -0.2) is 14.8 Å². The summed E-state index contributed by atoms with van der Waals surface area (Å²) in [6.07, 6.45) is 3.93. The molecule has 1 amide bonds. The lowest BCUT2D eigenvalue weighted by atomic mass is 10.0. The third-order valence-electron chi connectivity index (χ3n) is 4.79. The lowest BCUT2D eigenvalue weighted by Crippen LogP contribution is -2.33. The predicted molar refractivity (Wildman–Crippen MR) is 121 cm³/mol. The summed E-state index contributed by atoms with van der Waals surface area (Å²) in [5.41, 5.74) is 2.23. The van der Waals surface area contributed by atoms with Gasteiger partial charge in [0.2, 0.25) is 0 Å². The molecule has 164 valence electrons. The van der Waals surface area contributed by atoms with E-state index in [0.717, 1.165) is 33.2 Å². The van der Waals surface area contributed by atoms with Crippen LogP contribution in [0, 0.1) is 6.92 Å². The average Bonchev–Trinajstić information content (AvgIpc) is 3.36. The molecule has 4 rings (SSSR count). The van der Waals surface area contributed by atoms with Gasteiger partial charge in [0.15, 0.2) is 5.13 Å². The first kappa shape index (κ1) is 21.4. The molecule has 4 N–H and O–H groups in total. The number of carboxylic acids is 1. The zero-order chi connectivity index (χ0) is 22.8. The molecule has 1 atom stereocenters. The van der Waals surface area contributed by atoms with Crippen LogP contribution in [-0.4, -0.2) is 54.5 Å². The van der Waals surface area contributed by atoms with E-state index in [2.05, 4.69) is 25.7 Å². The summed E-state index contributed by atoms with van der Waals surface area (Å²) in [6, 6.07) is 7.81. The number of thiazole rings is 1. The van der Waals surface area contributed by atoms with Gasteiger partial charge in [-0.15, -0.1) is 0 Å². The fraction of sp³-hybridized carbons (Fsp3) is 0.190. The maximum absolute atomic E-state index is 12.3. The van der Waals surface area contributed by atoms with E-state index in [1.165, 1.54) is 0 Å². The van der Waals surface area contributed by atoms with Crippen LogP contribution in [0.15, 0.2) is 42.9 Å². The molecule has 11 heteroatoms. The van der Waals surface area contributed by atoms with Crippen molar-refractivity contribution >= 4 is 44.9 Å². The highest BCUT2D eigenvalue weighted by Gasteiger charge is 2.20. The monoisotopic (exact) mass is 452 g/mol. The molecule has 0 unspecified atom stereocenters. The van der Waals surface area contributed by atoms with Crippen LogP contribution in [0.25, 0.3) is 21.9 Å². The van der Waals surface area contributed by atoms with Crippen LogP contribution in [-0.2, 0) is 11.8 Å². The summed E-state index contributed by atoms with van der Waals surface area (Å²) < 4.78 is 1.72. The van der Waals surface area contributed by atoms with E-state index < -0.39 is 18.0 Å². The second kappa shape index (κ2) is 8.73. The van der Waals surface area contributed by atoms with Gasteiger partial charge in [0, 0.05) is 30.4 Å². The number of nitrogens with one attached hydrogen (secondary N) is 2. The van der Waals surface area contributed by atoms with Gasteiger partial charge >= 0.3 is 5.97 Å². The lowest BCUT2D eigenvalue weighted by molar-refractivity contribution is -0.123. The number of aromatic nitrogens is 4. The number of nitrogens with zero attached hydrogens (tertiary/aromatic N) is 4. The second-order valence-electron chi connectivity index (χ2n) is 7.12. The Balaban J connectivity index is 1.47. The number of benzene rings is 1. The minimum Gasteiger partial charge on any atom is -0.477 e. The Morgan fingerprint density at radius 2 is 2.06 bits per heavy atom. The molecule has 0 aliphatic carbocycles. The van der Waals surface area contributed by atoms with Gasteiger partial charge < -0.3 is 15.5 Å². The number of aromatic carboxylic acids is 1. The molecule has 0 saturated heterocycles. The Hall–Kier alpha value is -3.83. The third kappa shape index (κ3) is 4.43. The number of hydrogen-bond donors (Lipinski definition) is 4. The highest BCUT2D eigenvalue weighted by molar-refractivity contribution is 7.17. The van der Waals surface area contributed by atoms with Crippen molar-refractivity contribution in [3.8, 4) is 11.1 Å². The van der Waals surface area contributed by atoms with Crippen LogP contribution in [0.5, 0.6) is 0 Å². The van der Waals surface area contributed by atoms with Crippen LogP contribution in [0.1, 0.15) is 15.4 Å². The Morgan fingerprint density at radius 1 is 1.25 bits per heavy atom. The number of hydrogen-bond acceptors (Lipinski definition) is 8. The molecule has 0 spiro atoms. The van der Waals surface area contributed by atoms with E-state index in [0.29, 0.717) is 11.5 Å². The van der Waals surface area contributed by atoms with Crippen molar-refractivity contribution in [2.45, 2.75) is 13.0 Å². The molecule has 10 nitrogen and oxygen atoms in total. The topological polar surface area (TPSA) is 142 Å². The standard InChI is InChI=1S/C21H20N6O4S/c1-11-17(20(30)31)32-21(25-11)26-19(29)16(28)9-23-18-15-7-13(14-8-24-27(2)10-14)4-3-12(15)5-6-22-18/h3-8,10,16,28H,9H2,1-2H3,(H,22,23)(H,30,31)(H,25,26,29)/t16-/m0/s1. The summed E-state index contributed by atoms with van der Waals surface area (Å²) in [7, 11) is 1.85. The van der Waals surface area contributed by atoms with E-state index in [4.69, 9.17) is 5.11 Å². The molecule has 3 aromatic heterocycles. The summed E-state index contributed by atoms with van der Waals surface area (Å²) in [5.74, 6) is -1.28. The SMILES string of the molecule is Cc1nc(NC(=O)[C@@H](O)CNc2nccc3ccc(-c4cnn(C)c4)cc23)sc1C(=O)O. The third-order valence-corrected chi connectivity index (χ3v) is 5.85. The smallest absolute Gasteiger partial charge is 0.347 e. The Bertz CT molecular complexity index is 1310. The number of carbonyl (C=O) groups excluding carboxylic acids is 1. The highest BCUT2D eigenvalue weighted by atomic mass is 32.1. The van der Waals surface area contributed by atoms with E-state index in [-0.39, 0.29) is 16.6 Å². The number of aliphatic hydroxyl groups excluding tert-OH is 1. The van der Waals surface area contributed by atoms with E-state index in [1.807, 2.05) is 37.5 Å². The summed E-state index contributed by atoms with van der Waals surface area (Å²) in [5, 5.41) is 31.0. The molecule has 32 heavy (non-hydrogen) atoms. The largest absolute Gasteiger partial charge is 0.477 e. The zero-order valence-corrected chi connectivity index (χ0v) is 18.1. The molecule has 0 fully saturated rings. The molecule has 1 aromatic carbocycles. The van der Waals surface area contributed by atoms with Gasteiger partial charge in [-0.2, -0.15) is 5.10 Å². The fourth-order valence-corrected chi connectivity index (χ4v) is 3.99. The first-order chi connectivity index (χ1) is 15.3. The van der Waals surface area contributed by atoms with Gasteiger partial charge in [0.05, 0.1) is 18.4 Å². The van der Waals surface area contributed by atoms with Crippen molar-refractivity contribution in [2.24, 2.45) is 7.05 Å². The van der Waals surface area contributed by atoms with Crippen LogP contribution >= 0.6 is 11.3 Å². The van der Waals surface area contributed by atoms with E-state index >= 15 is 0 Å². The molecule has 0 bridgehead atoms. The van der Waals surface area contributed by atoms with Crippen LogP contribution in [0.2, 0.25) is 0 Å². The second-order valence-corrected chi connectivity index (χ2v) is 8.12. The Kier molecular flexibility index (Phi) is 5.84. The van der Waals surface area contributed by atoms with E-state index in [1.54, 1.807) is 24.0 Å². The number of fused-ring (bicyclic) bond motifs is 1. The first-order valence-corrected chi connectivity index (χ1v) is 10.4.